The summed E-state index contributed by atoms with van der Waals surface area (Å²) < 4.78 is 0. The number of nitrogens with two attached hydrogens (primary N) is 1. The lowest BCUT2D eigenvalue weighted by molar-refractivity contribution is 0.392. The van der Waals surface area contributed by atoms with Gasteiger partial charge in [0.25, 0.3) is 0 Å². The van der Waals surface area contributed by atoms with E-state index in [1.54, 1.807) is 0 Å². The molecule has 2 atom stereocenters. The molecule has 2 nitrogen and oxygen atoms in total. The van der Waals surface area contributed by atoms with E-state index in [1.165, 1.54) is 35.1 Å². The van der Waals surface area contributed by atoms with E-state index in [0.717, 1.165) is 37.4 Å². The molecule has 3 N–H and O–H groups in total. The molecule has 3 heteroatoms. The number of hydrogen-bond acceptors (Lipinski definition) is 2. The number of aryl methyl sites for hydroxylation is 2. The fraction of sp³-hybridized carbons (Fsp3) is 0.455. The second-order valence-corrected chi connectivity index (χ2v) is 7.50. The van der Waals surface area contributed by atoms with E-state index in [9.17, 15) is 0 Å². The lowest BCUT2D eigenvalue weighted by Crippen LogP contribution is -2.39. The van der Waals surface area contributed by atoms with Crippen molar-refractivity contribution >= 4 is 11.6 Å². The summed E-state index contributed by atoms with van der Waals surface area (Å²) in [7, 11) is 0. The lowest BCUT2D eigenvalue weighted by atomic mass is 9.75. The van der Waals surface area contributed by atoms with Crippen LogP contribution < -0.4 is 11.1 Å². The lowest BCUT2D eigenvalue weighted by Gasteiger charge is -2.35. The fourth-order valence-corrected chi connectivity index (χ4v) is 4.17. The van der Waals surface area contributed by atoms with Gasteiger partial charge < -0.3 is 11.1 Å². The molecule has 1 aliphatic rings. The first-order valence-electron chi connectivity index (χ1n) is 9.51. The van der Waals surface area contributed by atoms with Crippen LogP contribution in [0.25, 0.3) is 0 Å². The summed E-state index contributed by atoms with van der Waals surface area (Å²) in [6, 6.07) is 15.9. The van der Waals surface area contributed by atoms with Gasteiger partial charge in [-0.2, -0.15) is 0 Å². The summed E-state index contributed by atoms with van der Waals surface area (Å²) in [6.07, 6.45) is 5.56. The van der Waals surface area contributed by atoms with E-state index in [4.69, 9.17) is 17.3 Å². The van der Waals surface area contributed by atoms with Crippen molar-refractivity contribution < 1.29 is 0 Å². The maximum absolute atomic E-state index is 6.06. The molecule has 134 valence electrons. The Kier molecular flexibility index (Phi) is 6.52. The van der Waals surface area contributed by atoms with Gasteiger partial charge in [0.2, 0.25) is 0 Å². The molecule has 2 unspecified atom stereocenters. The highest BCUT2D eigenvalue weighted by Crippen LogP contribution is 2.35. The quantitative estimate of drug-likeness (QED) is 0.767. The van der Waals surface area contributed by atoms with E-state index >= 15 is 0 Å². The zero-order valence-electron chi connectivity index (χ0n) is 15.1. The van der Waals surface area contributed by atoms with E-state index in [1.807, 2.05) is 12.1 Å². The topological polar surface area (TPSA) is 38.0 Å². The van der Waals surface area contributed by atoms with E-state index in [2.05, 4.69) is 42.6 Å². The smallest absolute Gasteiger partial charge is 0.0406 e. The van der Waals surface area contributed by atoms with Gasteiger partial charge in [-0.15, -0.1) is 0 Å². The Balaban J connectivity index is 1.89. The molecule has 0 bridgehead atoms. The van der Waals surface area contributed by atoms with Crippen LogP contribution in [-0.2, 0) is 19.3 Å². The normalized spacial score (nSPS) is 19.6. The van der Waals surface area contributed by atoms with Gasteiger partial charge in [0.15, 0.2) is 0 Å². The Morgan fingerprint density at radius 2 is 1.88 bits per heavy atom. The largest absolute Gasteiger partial charge is 0.330 e. The second-order valence-electron chi connectivity index (χ2n) is 7.07. The molecule has 0 radical (unpaired) electrons. The summed E-state index contributed by atoms with van der Waals surface area (Å²) in [4.78, 5) is 0. The molecule has 0 aliphatic heterocycles. The van der Waals surface area contributed by atoms with Gasteiger partial charge in [0.1, 0.15) is 0 Å². The zero-order valence-corrected chi connectivity index (χ0v) is 15.9. The van der Waals surface area contributed by atoms with E-state index < -0.39 is 0 Å². The first-order valence-corrected chi connectivity index (χ1v) is 9.88. The number of fused-ring (bicyclic) bond motifs is 1. The molecular formula is C22H29ClN2. The summed E-state index contributed by atoms with van der Waals surface area (Å²) in [5.74, 6) is 0.516. The van der Waals surface area contributed by atoms with Crippen molar-refractivity contribution in [2.24, 2.45) is 5.73 Å². The molecule has 2 aromatic carbocycles. The van der Waals surface area contributed by atoms with Crippen LogP contribution in [-0.4, -0.2) is 19.1 Å². The van der Waals surface area contributed by atoms with Gasteiger partial charge in [0, 0.05) is 17.0 Å². The highest BCUT2D eigenvalue weighted by atomic mass is 35.5. The molecule has 0 aromatic heterocycles. The predicted molar refractivity (Wildman–Crippen MR) is 108 cm³/mol. The van der Waals surface area contributed by atoms with Gasteiger partial charge in [-0.3, -0.25) is 0 Å². The van der Waals surface area contributed by atoms with Crippen molar-refractivity contribution in [3.63, 3.8) is 0 Å². The Morgan fingerprint density at radius 3 is 2.60 bits per heavy atom. The van der Waals surface area contributed by atoms with Gasteiger partial charge >= 0.3 is 0 Å². The average Bonchev–Trinajstić information content (AvgIpc) is 2.63. The number of halogens is 1. The number of hydrogen-bond donors (Lipinski definition) is 2. The fourth-order valence-electron chi connectivity index (χ4n) is 4.04. The molecule has 0 heterocycles. The van der Waals surface area contributed by atoms with Crippen molar-refractivity contribution in [1.29, 1.82) is 0 Å². The summed E-state index contributed by atoms with van der Waals surface area (Å²) in [5, 5.41) is 4.53. The van der Waals surface area contributed by atoms with Crippen molar-refractivity contribution in [2.45, 2.75) is 51.0 Å². The third kappa shape index (κ3) is 4.63. The highest BCUT2D eigenvalue weighted by Gasteiger charge is 2.29. The molecule has 0 saturated carbocycles. The molecule has 0 spiro atoms. The highest BCUT2D eigenvalue weighted by molar-refractivity contribution is 6.30. The Labute approximate surface area is 156 Å². The van der Waals surface area contributed by atoms with Crippen LogP contribution in [0.5, 0.6) is 0 Å². The van der Waals surface area contributed by atoms with Gasteiger partial charge in [-0.1, -0.05) is 48.9 Å². The minimum absolute atomic E-state index is 0.516. The maximum atomic E-state index is 6.06. The molecule has 2 aromatic rings. The molecule has 1 aliphatic carbocycles. The minimum atomic E-state index is 0.516. The number of likely N-dealkylation sites (N-methyl/N-ethyl adjacent to an activating group) is 1. The van der Waals surface area contributed by atoms with Crippen LogP contribution in [0.3, 0.4) is 0 Å². The minimum Gasteiger partial charge on any atom is -0.330 e. The first-order chi connectivity index (χ1) is 12.2. The van der Waals surface area contributed by atoms with Crippen LogP contribution in [0.15, 0.2) is 42.5 Å². The summed E-state index contributed by atoms with van der Waals surface area (Å²) >= 11 is 6.06. The summed E-state index contributed by atoms with van der Waals surface area (Å²) in [6.45, 7) is 3.97. The SMILES string of the molecule is CCNC1CCc2ccc(CCCN)cc2C1Cc1ccc(Cl)cc1. The monoisotopic (exact) mass is 356 g/mol. The molecular weight excluding hydrogens is 328 g/mol. The van der Waals surface area contributed by atoms with Crippen molar-refractivity contribution in [3.8, 4) is 0 Å². The second kappa shape index (κ2) is 8.84. The Bertz CT molecular complexity index is 681. The van der Waals surface area contributed by atoms with Gasteiger partial charge in [-0.25, -0.2) is 0 Å². The number of benzene rings is 2. The van der Waals surface area contributed by atoms with Crippen LogP contribution in [0.4, 0.5) is 0 Å². The maximum Gasteiger partial charge on any atom is 0.0406 e. The molecule has 25 heavy (non-hydrogen) atoms. The van der Waals surface area contributed by atoms with E-state index in [0.29, 0.717) is 12.0 Å². The van der Waals surface area contributed by atoms with Crippen LogP contribution in [0.1, 0.15) is 47.9 Å². The molecule has 3 rings (SSSR count). The van der Waals surface area contributed by atoms with Crippen LogP contribution in [0.2, 0.25) is 5.02 Å². The number of nitrogens with one attached hydrogen (secondary N) is 1. The Morgan fingerprint density at radius 1 is 1.12 bits per heavy atom. The van der Waals surface area contributed by atoms with Crippen molar-refractivity contribution in [1.82, 2.24) is 5.32 Å². The molecule has 0 saturated heterocycles. The zero-order chi connectivity index (χ0) is 17.6. The van der Waals surface area contributed by atoms with Crippen LogP contribution >= 0.6 is 11.6 Å². The third-order valence-corrected chi connectivity index (χ3v) is 5.58. The third-order valence-electron chi connectivity index (χ3n) is 5.32. The molecule has 0 amide bonds. The summed E-state index contributed by atoms with van der Waals surface area (Å²) in [5.41, 5.74) is 11.5. The molecule has 0 fully saturated rings. The standard InChI is InChI=1S/C22H29ClN2/c1-2-25-22-12-9-18-8-5-16(4-3-13-24)14-20(18)21(22)15-17-6-10-19(23)11-7-17/h5-8,10-11,14,21-22,25H,2-4,9,12-13,15,24H2,1H3. The van der Waals surface area contributed by atoms with E-state index in [-0.39, 0.29) is 0 Å². The van der Waals surface area contributed by atoms with Gasteiger partial charge in [0.05, 0.1) is 0 Å². The predicted octanol–water partition coefficient (Wildman–Crippen LogP) is 4.48. The number of rotatable bonds is 7. The van der Waals surface area contributed by atoms with Crippen molar-refractivity contribution in [3.05, 3.63) is 69.7 Å². The first kappa shape index (κ1) is 18.4. The average molecular weight is 357 g/mol. The van der Waals surface area contributed by atoms with Crippen molar-refractivity contribution in [2.75, 3.05) is 13.1 Å². The Hall–Kier alpha value is -1.35. The van der Waals surface area contributed by atoms with Crippen LogP contribution in [0, 0.1) is 0 Å². The van der Waals surface area contributed by atoms with Gasteiger partial charge in [-0.05, 0) is 79.6 Å².